The minimum Gasteiger partial charge on any atom is -0.397 e. The lowest BCUT2D eigenvalue weighted by Crippen LogP contribution is -2.47. The fourth-order valence-electron chi connectivity index (χ4n) is 1.80. The SMILES string of the molecule is C=C/C(N)=C(\C=C)N1CCN(C(C)=O)CC1. The van der Waals surface area contributed by atoms with E-state index in [9.17, 15) is 4.79 Å². The quantitative estimate of drug-likeness (QED) is 0.713. The van der Waals surface area contributed by atoms with Gasteiger partial charge in [0.15, 0.2) is 0 Å². The lowest BCUT2D eigenvalue weighted by Gasteiger charge is -2.36. The van der Waals surface area contributed by atoms with Gasteiger partial charge in [-0.2, -0.15) is 0 Å². The van der Waals surface area contributed by atoms with Gasteiger partial charge in [-0.05, 0) is 12.2 Å². The largest absolute Gasteiger partial charge is 0.397 e. The standard InChI is InChI=1S/C12H19N3O/c1-4-11(13)12(5-2)15-8-6-14(7-9-15)10(3)16/h4-5H,1-2,6-9,13H2,3H3/b12-11-. The molecule has 16 heavy (non-hydrogen) atoms. The molecule has 0 spiro atoms. The van der Waals surface area contributed by atoms with Crippen LogP contribution in [0.15, 0.2) is 36.7 Å². The number of hydrogen-bond donors (Lipinski definition) is 1. The predicted octanol–water partition coefficient (Wildman–Crippen LogP) is 0.693. The highest BCUT2D eigenvalue weighted by molar-refractivity contribution is 5.73. The maximum absolute atomic E-state index is 11.2. The van der Waals surface area contributed by atoms with Crippen molar-refractivity contribution < 1.29 is 4.79 Å². The van der Waals surface area contributed by atoms with Crippen LogP contribution in [0.25, 0.3) is 0 Å². The van der Waals surface area contributed by atoms with Crippen molar-refractivity contribution in [3.05, 3.63) is 36.7 Å². The molecule has 1 fully saturated rings. The van der Waals surface area contributed by atoms with Gasteiger partial charge in [0.2, 0.25) is 5.91 Å². The van der Waals surface area contributed by atoms with Crippen LogP contribution in [0.3, 0.4) is 0 Å². The lowest BCUT2D eigenvalue weighted by molar-refractivity contribution is -0.130. The van der Waals surface area contributed by atoms with Crippen molar-refractivity contribution in [2.24, 2.45) is 5.73 Å². The number of carbonyl (C=O) groups is 1. The highest BCUT2D eigenvalue weighted by Crippen LogP contribution is 2.13. The third-order valence-corrected chi connectivity index (χ3v) is 2.77. The Labute approximate surface area is 96.7 Å². The van der Waals surface area contributed by atoms with Crippen LogP contribution >= 0.6 is 0 Å². The first kappa shape index (κ1) is 12.4. The summed E-state index contributed by atoms with van der Waals surface area (Å²) in [6.07, 6.45) is 3.36. The number of amides is 1. The van der Waals surface area contributed by atoms with Gasteiger partial charge in [0.25, 0.3) is 0 Å². The molecule has 0 aliphatic carbocycles. The maximum Gasteiger partial charge on any atom is 0.219 e. The van der Waals surface area contributed by atoms with Crippen LogP contribution in [-0.2, 0) is 4.79 Å². The van der Waals surface area contributed by atoms with E-state index in [1.165, 1.54) is 0 Å². The Kier molecular flexibility index (Phi) is 4.17. The molecule has 1 aliphatic rings. The topological polar surface area (TPSA) is 49.6 Å². The van der Waals surface area contributed by atoms with E-state index in [4.69, 9.17) is 5.73 Å². The van der Waals surface area contributed by atoms with Crippen LogP contribution < -0.4 is 5.73 Å². The second-order valence-electron chi connectivity index (χ2n) is 3.74. The molecule has 1 saturated heterocycles. The second-order valence-corrected chi connectivity index (χ2v) is 3.74. The first-order chi connectivity index (χ1) is 7.60. The molecule has 2 N–H and O–H groups in total. The summed E-state index contributed by atoms with van der Waals surface area (Å²) in [6, 6.07) is 0. The second kappa shape index (κ2) is 5.39. The molecule has 0 atom stereocenters. The Hall–Kier alpha value is -1.71. The van der Waals surface area contributed by atoms with Crippen molar-refractivity contribution in [2.45, 2.75) is 6.92 Å². The van der Waals surface area contributed by atoms with Crippen molar-refractivity contribution in [1.82, 2.24) is 9.80 Å². The van der Waals surface area contributed by atoms with Crippen LogP contribution in [0, 0.1) is 0 Å². The summed E-state index contributed by atoms with van der Waals surface area (Å²) in [6.45, 7) is 12.0. The third kappa shape index (κ3) is 2.66. The zero-order valence-electron chi connectivity index (χ0n) is 9.78. The molecular formula is C12H19N3O. The van der Waals surface area contributed by atoms with Crippen molar-refractivity contribution in [1.29, 1.82) is 0 Å². The summed E-state index contributed by atoms with van der Waals surface area (Å²) in [5.41, 5.74) is 7.35. The maximum atomic E-state index is 11.2. The molecule has 0 aromatic rings. The van der Waals surface area contributed by atoms with Crippen molar-refractivity contribution in [3.8, 4) is 0 Å². The van der Waals surface area contributed by atoms with Gasteiger partial charge < -0.3 is 15.5 Å². The summed E-state index contributed by atoms with van der Waals surface area (Å²) >= 11 is 0. The highest BCUT2D eigenvalue weighted by atomic mass is 16.2. The normalized spacial score (nSPS) is 17.8. The van der Waals surface area contributed by atoms with Gasteiger partial charge in [0, 0.05) is 33.1 Å². The zero-order valence-corrected chi connectivity index (χ0v) is 9.78. The number of piperazine rings is 1. The van der Waals surface area contributed by atoms with Gasteiger partial charge >= 0.3 is 0 Å². The number of nitrogens with zero attached hydrogens (tertiary/aromatic N) is 2. The molecule has 1 heterocycles. The van der Waals surface area contributed by atoms with Gasteiger partial charge in [-0.1, -0.05) is 13.2 Å². The minimum atomic E-state index is 0.125. The van der Waals surface area contributed by atoms with Crippen LogP contribution in [0.1, 0.15) is 6.92 Å². The smallest absolute Gasteiger partial charge is 0.219 e. The summed E-state index contributed by atoms with van der Waals surface area (Å²) in [5.74, 6) is 0.125. The van der Waals surface area contributed by atoms with E-state index in [2.05, 4.69) is 18.1 Å². The summed E-state index contributed by atoms with van der Waals surface area (Å²) in [4.78, 5) is 15.1. The average molecular weight is 221 g/mol. The third-order valence-electron chi connectivity index (χ3n) is 2.77. The summed E-state index contributed by atoms with van der Waals surface area (Å²) in [7, 11) is 0. The van der Waals surface area contributed by atoms with Gasteiger partial charge in [-0.15, -0.1) is 0 Å². The summed E-state index contributed by atoms with van der Waals surface area (Å²) < 4.78 is 0. The van der Waals surface area contributed by atoms with Crippen LogP contribution in [0.4, 0.5) is 0 Å². The number of rotatable bonds is 3. The number of nitrogens with two attached hydrogens (primary N) is 1. The molecule has 0 saturated carbocycles. The van der Waals surface area contributed by atoms with Crippen LogP contribution in [-0.4, -0.2) is 41.9 Å². The van der Waals surface area contributed by atoms with Crippen molar-refractivity contribution in [2.75, 3.05) is 26.2 Å². The fraction of sp³-hybridized carbons (Fsp3) is 0.417. The van der Waals surface area contributed by atoms with E-state index in [1.807, 2.05) is 4.90 Å². The van der Waals surface area contributed by atoms with Gasteiger partial charge in [0.05, 0.1) is 11.4 Å². The molecule has 0 aromatic heterocycles. The first-order valence-corrected chi connectivity index (χ1v) is 5.35. The number of allylic oxidation sites excluding steroid dienone is 2. The Balaban J connectivity index is 2.69. The molecule has 4 heteroatoms. The Morgan fingerprint density at radius 1 is 1.12 bits per heavy atom. The lowest BCUT2D eigenvalue weighted by atomic mass is 10.2. The summed E-state index contributed by atoms with van der Waals surface area (Å²) in [5, 5.41) is 0. The predicted molar refractivity (Wildman–Crippen MR) is 65.4 cm³/mol. The first-order valence-electron chi connectivity index (χ1n) is 5.35. The fourth-order valence-corrected chi connectivity index (χ4v) is 1.80. The molecule has 1 rings (SSSR count). The highest BCUT2D eigenvalue weighted by Gasteiger charge is 2.19. The Morgan fingerprint density at radius 3 is 2.00 bits per heavy atom. The molecule has 0 radical (unpaired) electrons. The molecule has 0 bridgehead atoms. The zero-order chi connectivity index (χ0) is 12.1. The van der Waals surface area contributed by atoms with Crippen molar-refractivity contribution in [3.63, 3.8) is 0 Å². The van der Waals surface area contributed by atoms with E-state index in [0.29, 0.717) is 5.70 Å². The van der Waals surface area contributed by atoms with Crippen LogP contribution in [0.2, 0.25) is 0 Å². The Bertz CT molecular complexity index is 325. The Morgan fingerprint density at radius 2 is 1.62 bits per heavy atom. The van der Waals surface area contributed by atoms with Gasteiger partial charge in [0.1, 0.15) is 0 Å². The van der Waals surface area contributed by atoms with E-state index < -0.39 is 0 Å². The average Bonchev–Trinajstić information content (AvgIpc) is 2.30. The number of carbonyl (C=O) groups excluding carboxylic acids is 1. The van der Waals surface area contributed by atoms with E-state index >= 15 is 0 Å². The van der Waals surface area contributed by atoms with Crippen molar-refractivity contribution >= 4 is 5.91 Å². The van der Waals surface area contributed by atoms with E-state index in [1.54, 1.807) is 19.1 Å². The number of hydrogen-bond acceptors (Lipinski definition) is 3. The molecule has 88 valence electrons. The monoisotopic (exact) mass is 221 g/mol. The molecule has 0 aromatic carbocycles. The molecule has 1 amide bonds. The minimum absolute atomic E-state index is 0.125. The van der Waals surface area contributed by atoms with Gasteiger partial charge in [-0.25, -0.2) is 0 Å². The van der Waals surface area contributed by atoms with Crippen LogP contribution in [0.5, 0.6) is 0 Å². The van der Waals surface area contributed by atoms with E-state index in [0.717, 1.165) is 31.9 Å². The molecule has 0 unspecified atom stereocenters. The van der Waals surface area contributed by atoms with Gasteiger partial charge in [-0.3, -0.25) is 4.79 Å². The molecular weight excluding hydrogens is 202 g/mol. The molecule has 4 nitrogen and oxygen atoms in total. The molecule has 1 aliphatic heterocycles. The van der Waals surface area contributed by atoms with E-state index in [-0.39, 0.29) is 5.91 Å².